The molecule has 1 amide bonds. The number of para-hydroxylation sites is 1. The molecule has 0 saturated heterocycles. The lowest BCUT2D eigenvalue weighted by Gasteiger charge is -2.19. The third kappa shape index (κ3) is 4.47. The van der Waals surface area contributed by atoms with E-state index in [1.165, 1.54) is 34.8 Å². The SMILES string of the molecule is CN(c1ccccc1)S(=O)(=O)c1cccc(C(=O)Nc2nc(-c3cccnc3)cs2)c1. The molecule has 0 saturated carbocycles. The highest BCUT2D eigenvalue weighted by molar-refractivity contribution is 7.92. The predicted molar refractivity (Wildman–Crippen MR) is 122 cm³/mol. The van der Waals surface area contributed by atoms with Gasteiger partial charge in [0.2, 0.25) is 0 Å². The van der Waals surface area contributed by atoms with E-state index in [1.807, 2.05) is 23.6 Å². The van der Waals surface area contributed by atoms with Crippen molar-refractivity contribution in [3.05, 3.63) is 90.1 Å². The summed E-state index contributed by atoms with van der Waals surface area (Å²) in [7, 11) is -2.34. The van der Waals surface area contributed by atoms with E-state index in [4.69, 9.17) is 0 Å². The zero-order chi connectivity index (χ0) is 21.8. The molecule has 0 spiro atoms. The van der Waals surface area contributed by atoms with Gasteiger partial charge in [0, 0.05) is 35.9 Å². The van der Waals surface area contributed by atoms with Gasteiger partial charge in [0.25, 0.3) is 15.9 Å². The third-order valence-corrected chi connectivity index (χ3v) is 7.10. The molecular formula is C22H18N4O3S2. The monoisotopic (exact) mass is 450 g/mol. The lowest BCUT2D eigenvalue weighted by Crippen LogP contribution is -2.26. The minimum atomic E-state index is -3.82. The number of carbonyl (C=O) groups excluding carboxylic acids is 1. The van der Waals surface area contributed by atoms with Crippen molar-refractivity contribution in [2.75, 3.05) is 16.7 Å². The number of aromatic nitrogens is 2. The maximum Gasteiger partial charge on any atom is 0.264 e. The standard InChI is InChI=1S/C22H18N4O3S2/c1-26(18-9-3-2-4-10-18)31(28,29)19-11-5-7-16(13-19)21(27)25-22-24-20(15-30-22)17-8-6-12-23-14-17/h2-15H,1H3,(H,24,25,27). The Labute approximate surface area is 184 Å². The molecule has 2 aromatic heterocycles. The minimum Gasteiger partial charge on any atom is -0.298 e. The van der Waals surface area contributed by atoms with Gasteiger partial charge < -0.3 is 0 Å². The summed E-state index contributed by atoms with van der Waals surface area (Å²) in [5.74, 6) is -0.438. The Hall–Kier alpha value is -3.56. The molecule has 0 fully saturated rings. The van der Waals surface area contributed by atoms with Gasteiger partial charge >= 0.3 is 0 Å². The number of sulfonamides is 1. The van der Waals surface area contributed by atoms with E-state index in [-0.39, 0.29) is 10.5 Å². The van der Waals surface area contributed by atoms with Crippen molar-refractivity contribution < 1.29 is 13.2 Å². The molecule has 0 aliphatic carbocycles. The van der Waals surface area contributed by atoms with Gasteiger partial charge in [0.1, 0.15) is 0 Å². The highest BCUT2D eigenvalue weighted by Gasteiger charge is 2.22. The van der Waals surface area contributed by atoms with Crippen LogP contribution in [0.1, 0.15) is 10.4 Å². The smallest absolute Gasteiger partial charge is 0.264 e. The number of thiazole rings is 1. The number of benzene rings is 2. The van der Waals surface area contributed by atoms with Crippen LogP contribution < -0.4 is 9.62 Å². The van der Waals surface area contributed by atoms with Gasteiger partial charge in [-0.2, -0.15) is 0 Å². The van der Waals surface area contributed by atoms with Gasteiger partial charge in [-0.05, 0) is 42.5 Å². The molecule has 4 rings (SSSR count). The van der Waals surface area contributed by atoms with Crippen LogP contribution in [0.3, 0.4) is 0 Å². The molecule has 0 aliphatic rings. The Morgan fingerprint density at radius 2 is 1.84 bits per heavy atom. The van der Waals surface area contributed by atoms with Crippen molar-refractivity contribution in [1.29, 1.82) is 0 Å². The molecule has 0 bridgehead atoms. The van der Waals surface area contributed by atoms with Crippen LogP contribution in [0.5, 0.6) is 0 Å². The molecule has 0 atom stereocenters. The highest BCUT2D eigenvalue weighted by Crippen LogP contribution is 2.25. The Balaban J connectivity index is 1.54. The first-order chi connectivity index (χ1) is 14.9. The first kappa shape index (κ1) is 20.7. The Kier molecular flexibility index (Phi) is 5.79. The molecular weight excluding hydrogens is 432 g/mol. The number of hydrogen-bond acceptors (Lipinski definition) is 6. The van der Waals surface area contributed by atoms with Crippen molar-refractivity contribution in [3.63, 3.8) is 0 Å². The molecule has 0 aliphatic heterocycles. The predicted octanol–water partition coefficient (Wildman–Crippen LogP) is 4.28. The first-order valence-electron chi connectivity index (χ1n) is 9.26. The fraction of sp³-hybridized carbons (Fsp3) is 0.0455. The van der Waals surface area contributed by atoms with Gasteiger partial charge in [0.15, 0.2) is 5.13 Å². The second-order valence-corrected chi connectivity index (χ2v) is 9.40. The highest BCUT2D eigenvalue weighted by atomic mass is 32.2. The van der Waals surface area contributed by atoms with E-state index in [0.29, 0.717) is 16.5 Å². The van der Waals surface area contributed by atoms with E-state index < -0.39 is 15.9 Å². The fourth-order valence-corrected chi connectivity index (χ4v) is 4.84. The number of nitrogens with one attached hydrogen (secondary N) is 1. The topological polar surface area (TPSA) is 92.3 Å². The van der Waals surface area contributed by atoms with Gasteiger partial charge in [-0.1, -0.05) is 24.3 Å². The maximum absolute atomic E-state index is 13.0. The van der Waals surface area contributed by atoms with Crippen molar-refractivity contribution in [3.8, 4) is 11.3 Å². The van der Waals surface area contributed by atoms with Crippen LogP contribution in [-0.2, 0) is 10.0 Å². The number of carbonyl (C=O) groups is 1. The van der Waals surface area contributed by atoms with Crippen LogP contribution in [0, 0.1) is 0 Å². The van der Waals surface area contributed by atoms with Crippen LogP contribution in [-0.4, -0.2) is 31.3 Å². The Morgan fingerprint density at radius 3 is 2.58 bits per heavy atom. The van der Waals surface area contributed by atoms with Crippen molar-refractivity contribution in [2.24, 2.45) is 0 Å². The average molecular weight is 451 g/mol. The number of nitrogens with zero attached hydrogens (tertiary/aromatic N) is 3. The summed E-state index contributed by atoms with van der Waals surface area (Å²) in [4.78, 5) is 21.2. The summed E-state index contributed by atoms with van der Waals surface area (Å²) < 4.78 is 27.2. The van der Waals surface area contributed by atoms with Crippen molar-refractivity contribution >= 4 is 38.1 Å². The molecule has 7 nitrogen and oxygen atoms in total. The van der Waals surface area contributed by atoms with Crippen LogP contribution in [0.4, 0.5) is 10.8 Å². The fourth-order valence-electron chi connectivity index (χ4n) is 2.88. The lowest BCUT2D eigenvalue weighted by atomic mass is 10.2. The first-order valence-corrected chi connectivity index (χ1v) is 11.6. The molecule has 0 unspecified atom stereocenters. The van der Waals surface area contributed by atoms with E-state index in [1.54, 1.807) is 48.8 Å². The van der Waals surface area contributed by atoms with Crippen LogP contribution >= 0.6 is 11.3 Å². The molecule has 31 heavy (non-hydrogen) atoms. The maximum atomic E-state index is 13.0. The lowest BCUT2D eigenvalue weighted by molar-refractivity contribution is 0.102. The van der Waals surface area contributed by atoms with Crippen molar-refractivity contribution in [2.45, 2.75) is 4.90 Å². The summed E-state index contributed by atoms with van der Waals surface area (Å²) in [6, 6.07) is 18.4. The van der Waals surface area contributed by atoms with Gasteiger partial charge in [0.05, 0.1) is 16.3 Å². The minimum absolute atomic E-state index is 0.0293. The van der Waals surface area contributed by atoms with E-state index in [9.17, 15) is 13.2 Å². The number of hydrogen-bond donors (Lipinski definition) is 1. The summed E-state index contributed by atoms with van der Waals surface area (Å²) in [6.45, 7) is 0. The third-order valence-electron chi connectivity index (χ3n) is 4.56. The van der Waals surface area contributed by atoms with Crippen LogP contribution in [0.25, 0.3) is 11.3 Å². The van der Waals surface area contributed by atoms with Crippen LogP contribution in [0.2, 0.25) is 0 Å². The molecule has 2 heterocycles. The molecule has 1 N–H and O–H groups in total. The number of rotatable bonds is 6. The van der Waals surface area contributed by atoms with Gasteiger partial charge in [-0.25, -0.2) is 13.4 Å². The van der Waals surface area contributed by atoms with E-state index in [0.717, 1.165) is 5.56 Å². The molecule has 0 radical (unpaired) electrons. The summed E-state index contributed by atoms with van der Waals surface area (Å²) in [5.41, 5.74) is 2.30. The summed E-state index contributed by atoms with van der Waals surface area (Å²) in [5, 5.41) is 4.96. The number of anilines is 2. The quantitative estimate of drug-likeness (QED) is 0.473. The second-order valence-electron chi connectivity index (χ2n) is 6.57. The van der Waals surface area contributed by atoms with E-state index in [2.05, 4.69) is 15.3 Å². The van der Waals surface area contributed by atoms with Gasteiger partial charge in [-0.3, -0.25) is 19.4 Å². The second kappa shape index (κ2) is 8.66. The molecule has 9 heteroatoms. The number of pyridine rings is 1. The zero-order valence-electron chi connectivity index (χ0n) is 16.5. The van der Waals surface area contributed by atoms with Crippen LogP contribution in [0.15, 0.2) is 89.4 Å². The molecule has 4 aromatic rings. The van der Waals surface area contributed by atoms with E-state index >= 15 is 0 Å². The normalized spacial score (nSPS) is 11.1. The molecule has 156 valence electrons. The van der Waals surface area contributed by atoms with Crippen molar-refractivity contribution in [1.82, 2.24) is 9.97 Å². The Bertz CT molecular complexity index is 1310. The molecule has 2 aromatic carbocycles. The Morgan fingerprint density at radius 1 is 1.03 bits per heavy atom. The zero-order valence-corrected chi connectivity index (χ0v) is 18.1. The number of amides is 1. The summed E-state index contributed by atoms with van der Waals surface area (Å²) in [6.07, 6.45) is 3.37. The average Bonchev–Trinajstić information content (AvgIpc) is 3.28. The summed E-state index contributed by atoms with van der Waals surface area (Å²) >= 11 is 1.28. The van der Waals surface area contributed by atoms with Gasteiger partial charge in [-0.15, -0.1) is 11.3 Å². The largest absolute Gasteiger partial charge is 0.298 e.